The number of methoxy groups -OCH3 is 1. The summed E-state index contributed by atoms with van der Waals surface area (Å²) in [5, 5.41) is 2.58. The lowest BCUT2D eigenvalue weighted by molar-refractivity contribution is -0.118. The molecule has 0 radical (unpaired) electrons. The molecule has 1 aromatic rings. The Labute approximate surface area is 80.3 Å². The van der Waals surface area contributed by atoms with E-state index < -0.39 is 0 Å². The highest BCUT2D eigenvalue weighted by Crippen LogP contribution is 2.33. The summed E-state index contributed by atoms with van der Waals surface area (Å²) in [5.74, 6) is 1.39. The maximum absolute atomic E-state index is 11.0. The van der Waals surface area contributed by atoms with Crippen molar-refractivity contribution >= 4 is 11.7 Å². The Balaban J connectivity index is 2.51. The van der Waals surface area contributed by atoms with Gasteiger partial charge in [0.1, 0.15) is 5.82 Å². The molecular weight excluding hydrogens is 186 g/mol. The molecule has 1 aliphatic rings. The van der Waals surface area contributed by atoms with Crippen LogP contribution in [0.3, 0.4) is 0 Å². The Hall–Kier alpha value is -1.85. The molecule has 0 bridgehead atoms. The molecule has 1 aromatic heterocycles. The minimum Gasteiger partial charge on any atom is -0.478 e. The standard InChI is InChI=1S/C8H9N3O3/c1-4-9-7-6(8(10-4)13-2)14-3-5(12)11-7/h3H2,1-2H3,(H,9,10,11,12). The van der Waals surface area contributed by atoms with Crippen LogP contribution in [-0.2, 0) is 4.79 Å². The Morgan fingerprint density at radius 1 is 1.50 bits per heavy atom. The highest BCUT2D eigenvalue weighted by Gasteiger charge is 2.22. The third-order valence-electron chi connectivity index (χ3n) is 1.75. The van der Waals surface area contributed by atoms with Crippen LogP contribution in [0.5, 0.6) is 11.6 Å². The normalized spacial score (nSPS) is 14.0. The number of carbonyl (C=O) groups is 1. The van der Waals surface area contributed by atoms with Crippen LogP contribution < -0.4 is 14.8 Å². The van der Waals surface area contributed by atoms with Crippen LogP contribution in [-0.4, -0.2) is 29.6 Å². The summed E-state index contributed by atoms with van der Waals surface area (Å²) in [6.07, 6.45) is 0. The van der Waals surface area contributed by atoms with Crippen LogP contribution >= 0.6 is 0 Å². The summed E-state index contributed by atoms with van der Waals surface area (Å²) in [6, 6.07) is 0. The van der Waals surface area contributed by atoms with Gasteiger partial charge < -0.3 is 14.8 Å². The minimum absolute atomic E-state index is 0.0320. The van der Waals surface area contributed by atoms with Crippen molar-refractivity contribution in [3.8, 4) is 11.6 Å². The van der Waals surface area contributed by atoms with Gasteiger partial charge in [-0.15, -0.1) is 0 Å². The largest absolute Gasteiger partial charge is 0.478 e. The fourth-order valence-corrected chi connectivity index (χ4v) is 1.20. The lowest BCUT2D eigenvalue weighted by atomic mass is 10.4. The minimum atomic E-state index is -0.224. The number of ether oxygens (including phenoxy) is 2. The number of aryl methyl sites for hydroxylation is 1. The van der Waals surface area contributed by atoms with Crippen molar-refractivity contribution in [2.24, 2.45) is 0 Å². The maximum atomic E-state index is 11.0. The number of anilines is 1. The average Bonchev–Trinajstić information content (AvgIpc) is 2.15. The summed E-state index contributed by atoms with van der Waals surface area (Å²) >= 11 is 0. The molecule has 6 heteroatoms. The first kappa shape index (κ1) is 8.74. The Morgan fingerprint density at radius 3 is 3.00 bits per heavy atom. The van der Waals surface area contributed by atoms with Crippen LogP contribution in [0.4, 0.5) is 5.82 Å². The van der Waals surface area contributed by atoms with Crippen molar-refractivity contribution in [1.82, 2.24) is 9.97 Å². The van der Waals surface area contributed by atoms with Gasteiger partial charge in [-0.25, -0.2) is 4.98 Å². The second-order valence-electron chi connectivity index (χ2n) is 2.79. The number of nitrogens with zero attached hydrogens (tertiary/aromatic N) is 2. The summed E-state index contributed by atoms with van der Waals surface area (Å²) in [4.78, 5) is 19.0. The van der Waals surface area contributed by atoms with Crippen LogP contribution in [0.25, 0.3) is 0 Å². The Bertz CT molecular complexity index is 392. The monoisotopic (exact) mass is 195 g/mol. The van der Waals surface area contributed by atoms with Gasteiger partial charge in [-0.1, -0.05) is 0 Å². The zero-order chi connectivity index (χ0) is 10.1. The van der Waals surface area contributed by atoms with E-state index in [1.54, 1.807) is 6.92 Å². The van der Waals surface area contributed by atoms with Crippen LogP contribution in [0.2, 0.25) is 0 Å². The molecule has 0 fully saturated rings. The highest BCUT2D eigenvalue weighted by molar-refractivity contribution is 5.94. The first-order chi connectivity index (χ1) is 6.70. The number of hydrogen-bond acceptors (Lipinski definition) is 5. The van der Waals surface area contributed by atoms with E-state index in [0.29, 0.717) is 23.3 Å². The highest BCUT2D eigenvalue weighted by atomic mass is 16.5. The predicted octanol–water partition coefficient (Wildman–Crippen LogP) is 0.125. The molecule has 0 aliphatic carbocycles. The lowest BCUT2D eigenvalue weighted by Crippen LogP contribution is -2.27. The van der Waals surface area contributed by atoms with Gasteiger partial charge in [-0.2, -0.15) is 4.98 Å². The van der Waals surface area contributed by atoms with E-state index in [-0.39, 0.29) is 12.5 Å². The van der Waals surface area contributed by atoms with E-state index in [1.165, 1.54) is 7.11 Å². The van der Waals surface area contributed by atoms with Gasteiger partial charge in [-0.05, 0) is 6.92 Å². The number of rotatable bonds is 1. The molecule has 74 valence electrons. The van der Waals surface area contributed by atoms with Crippen molar-refractivity contribution < 1.29 is 14.3 Å². The molecule has 14 heavy (non-hydrogen) atoms. The van der Waals surface area contributed by atoms with E-state index in [9.17, 15) is 4.79 Å². The molecule has 1 amide bonds. The van der Waals surface area contributed by atoms with Crippen LogP contribution in [0, 0.1) is 6.92 Å². The fourth-order valence-electron chi connectivity index (χ4n) is 1.20. The van der Waals surface area contributed by atoms with Gasteiger partial charge in [0, 0.05) is 0 Å². The summed E-state index contributed by atoms with van der Waals surface area (Å²) < 4.78 is 10.2. The Morgan fingerprint density at radius 2 is 2.29 bits per heavy atom. The quantitative estimate of drug-likeness (QED) is 0.689. The third kappa shape index (κ3) is 1.34. The van der Waals surface area contributed by atoms with E-state index >= 15 is 0 Å². The maximum Gasteiger partial charge on any atom is 0.263 e. The molecule has 6 nitrogen and oxygen atoms in total. The molecule has 0 saturated heterocycles. The van der Waals surface area contributed by atoms with Crippen molar-refractivity contribution in [1.29, 1.82) is 0 Å². The van der Waals surface area contributed by atoms with Crippen molar-refractivity contribution in [2.45, 2.75) is 6.92 Å². The summed E-state index contributed by atoms with van der Waals surface area (Å²) in [7, 11) is 1.49. The second kappa shape index (κ2) is 3.13. The first-order valence-electron chi connectivity index (χ1n) is 4.06. The molecule has 0 unspecified atom stereocenters. The van der Waals surface area contributed by atoms with Gasteiger partial charge in [-0.3, -0.25) is 4.79 Å². The number of amides is 1. The molecule has 1 N–H and O–H groups in total. The first-order valence-corrected chi connectivity index (χ1v) is 4.06. The molecule has 2 rings (SSSR count). The topological polar surface area (TPSA) is 73.3 Å². The van der Waals surface area contributed by atoms with Crippen molar-refractivity contribution in [3.05, 3.63) is 5.82 Å². The number of nitrogens with one attached hydrogen (secondary N) is 1. The molecule has 2 heterocycles. The van der Waals surface area contributed by atoms with Gasteiger partial charge >= 0.3 is 0 Å². The lowest BCUT2D eigenvalue weighted by Gasteiger charge is -2.18. The van der Waals surface area contributed by atoms with E-state index in [4.69, 9.17) is 9.47 Å². The SMILES string of the molecule is COc1nc(C)nc2c1OCC(=O)N2. The fraction of sp³-hybridized carbons (Fsp3) is 0.375. The molecular formula is C8H9N3O3. The zero-order valence-corrected chi connectivity index (χ0v) is 7.83. The molecule has 0 atom stereocenters. The van der Waals surface area contributed by atoms with Crippen LogP contribution in [0.15, 0.2) is 0 Å². The van der Waals surface area contributed by atoms with Gasteiger partial charge in [0.25, 0.3) is 11.8 Å². The number of fused-ring (bicyclic) bond motifs is 1. The number of carbonyl (C=O) groups excluding carboxylic acids is 1. The molecule has 0 aromatic carbocycles. The van der Waals surface area contributed by atoms with Crippen molar-refractivity contribution in [2.75, 3.05) is 19.0 Å². The summed E-state index contributed by atoms with van der Waals surface area (Å²) in [6.45, 7) is 1.68. The number of hydrogen-bond donors (Lipinski definition) is 1. The molecule has 0 saturated carbocycles. The summed E-state index contributed by atoms with van der Waals surface area (Å²) in [5.41, 5.74) is 0. The predicted molar refractivity (Wildman–Crippen MR) is 47.4 cm³/mol. The average molecular weight is 195 g/mol. The van der Waals surface area contributed by atoms with E-state index in [2.05, 4.69) is 15.3 Å². The second-order valence-corrected chi connectivity index (χ2v) is 2.79. The van der Waals surface area contributed by atoms with Gasteiger partial charge in [0.15, 0.2) is 12.4 Å². The molecule has 1 aliphatic heterocycles. The number of aromatic nitrogens is 2. The smallest absolute Gasteiger partial charge is 0.263 e. The third-order valence-corrected chi connectivity index (χ3v) is 1.75. The van der Waals surface area contributed by atoms with Gasteiger partial charge in [0.2, 0.25) is 5.75 Å². The van der Waals surface area contributed by atoms with Gasteiger partial charge in [0.05, 0.1) is 7.11 Å². The molecule has 0 spiro atoms. The van der Waals surface area contributed by atoms with Crippen LogP contribution in [0.1, 0.15) is 5.82 Å². The Kier molecular flexibility index (Phi) is 1.95. The van der Waals surface area contributed by atoms with E-state index in [0.717, 1.165) is 0 Å². The van der Waals surface area contributed by atoms with E-state index in [1.807, 2.05) is 0 Å². The zero-order valence-electron chi connectivity index (χ0n) is 7.83. The van der Waals surface area contributed by atoms with Crippen molar-refractivity contribution in [3.63, 3.8) is 0 Å².